The van der Waals surface area contributed by atoms with E-state index in [0.29, 0.717) is 11.4 Å². The summed E-state index contributed by atoms with van der Waals surface area (Å²) in [5.41, 5.74) is 4.71. The van der Waals surface area contributed by atoms with E-state index in [1.807, 2.05) is 66.9 Å². The zero-order chi connectivity index (χ0) is 24.5. The van der Waals surface area contributed by atoms with Crippen molar-refractivity contribution >= 4 is 55.6 Å². The van der Waals surface area contributed by atoms with Gasteiger partial charge in [-0.15, -0.1) is 10.2 Å². The third-order valence-electron chi connectivity index (χ3n) is 6.01. The van der Waals surface area contributed by atoms with Gasteiger partial charge < -0.3 is 10.1 Å². The van der Waals surface area contributed by atoms with Gasteiger partial charge in [0.15, 0.2) is 10.8 Å². The number of esters is 1. The van der Waals surface area contributed by atoms with E-state index in [4.69, 9.17) is 16.3 Å². The molecule has 0 bridgehead atoms. The lowest BCUT2D eigenvalue weighted by Gasteiger charge is -2.17. The molecule has 0 spiro atoms. The summed E-state index contributed by atoms with van der Waals surface area (Å²) in [4.78, 5) is 16.8. The van der Waals surface area contributed by atoms with Gasteiger partial charge in [0.25, 0.3) is 0 Å². The van der Waals surface area contributed by atoms with Gasteiger partial charge in [-0.3, -0.25) is 9.20 Å². The Morgan fingerprint density at radius 2 is 1.89 bits per heavy atom. The van der Waals surface area contributed by atoms with Crippen molar-refractivity contribution in [3.8, 4) is 11.1 Å². The van der Waals surface area contributed by atoms with Crippen molar-refractivity contribution in [1.82, 2.24) is 19.6 Å². The van der Waals surface area contributed by atoms with Crippen molar-refractivity contribution < 1.29 is 9.53 Å². The predicted octanol–water partition coefficient (Wildman–Crippen LogP) is 6.39. The highest BCUT2D eigenvalue weighted by Crippen LogP contribution is 2.31. The molecule has 3 aromatic heterocycles. The molecule has 0 unspecified atom stereocenters. The Hall–Kier alpha value is -3.49. The number of hydrogen-bond donors (Lipinski definition) is 1. The Labute approximate surface area is 211 Å². The summed E-state index contributed by atoms with van der Waals surface area (Å²) < 4.78 is 7.94. The number of carbonyl (C=O) groups is 1. The van der Waals surface area contributed by atoms with E-state index in [2.05, 4.69) is 32.6 Å². The molecule has 0 fully saturated rings. The first-order valence-electron chi connectivity index (χ1n) is 11.3. The number of halogens is 1. The Kier molecular flexibility index (Phi) is 6.40. The lowest BCUT2D eigenvalue weighted by atomic mass is 9.92. The number of thiazole rings is 1. The van der Waals surface area contributed by atoms with E-state index in [-0.39, 0.29) is 17.8 Å². The number of carbonyl (C=O) groups excluding carboxylic acids is 1. The van der Waals surface area contributed by atoms with Crippen molar-refractivity contribution in [3.63, 3.8) is 0 Å². The fourth-order valence-electron chi connectivity index (χ4n) is 4.02. The largest absolute Gasteiger partial charge is 0.469 e. The fraction of sp³-hybridized carbons (Fsp3) is 0.231. The minimum Gasteiger partial charge on any atom is -0.469 e. The first-order valence-corrected chi connectivity index (χ1v) is 12.5. The van der Waals surface area contributed by atoms with Gasteiger partial charge in [-0.1, -0.05) is 48.9 Å². The number of ether oxygens (including phenoxy) is 1. The van der Waals surface area contributed by atoms with Gasteiger partial charge in [-0.2, -0.15) is 0 Å². The molecular formula is C26H24ClN5O2S. The second kappa shape index (κ2) is 9.64. The Balaban J connectivity index is 1.34. The Bertz CT molecular complexity index is 1510. The molecule has 1 N–H and O–H groups in total. The first kappa shape index (κ1) is 23.3. The van der Waals surface area contributed by atoms with E-state index in [9.17, 15) is 4.79 Å². The zero-order valence-electron chi connectivity index (χ0n) is 19.5. The molecule has 35 heavy (non-hydrogen) atoms. The van der Waals surface area contributed by atoms with Crippen LogP contribution in [0.25, 0.3) is 27.0 Å². The zero-order valence-corrected chi connectivity index (χ0v) is 21.1. The SMILES string of the molecule is COC(=O)[C@@H](Cc1nnc2cc(-c3ccc(Nc4nc5ccc(Cl)cc5s4)cc3)ccn12)C(C)C. The van der Waals surface area contributed by atoms with Crippen LogP contribution < -0.4 is 5.32 Å². The first-order chi connectivity index (χ1) is 16.9. The van der Waals surface area contributed by atoms with E-state index in [1.165, 1.54) is 7.11 Å². The van der Waals surface area contributed by atoms with Crippen LogP contribution in [0.5, 0.6) is 0 Å². The summed E-state index contributed by atoms with van der Waals surface area (Å²) in [6.45, 7) is 4.02. The lowest BCUT2D eigenvalue weighted by molar-refractivity contribution is -0.147. The Morgan fingerprint density at radius 1 is 1.09 bits per heavy atom. The molecule has 0 aliphatic heterocycles. The number of nitrogens with zero attached hydrogens (tertiary/aromatic N) is 4. The predicted molar refractivity (Wildman–Crippen MR) is 140 cm³/mol. The van der Waals surface area contributed by atoms with Crippen LogP contribution in [0.4, 0.5) is 10.8 Å². The fourth-order valence-corrected chi connectivity index (χ4v) is 5.18. The van der Waals surface area contributed by atoms with Crippen LogP contribution in [0, 0.1) is 11.8 Å². The van der Waals surface area contributed by atoms with E-state index < -0.39 is 0 Å². The van der Waals surface area contributed by atoms with E-state index in [0.717, 1.165) is 43.6 Å². The minimum atomic E-state index is -0.264. The quantitative estimate of drug-likeness (QED) is 0.258. The van der Waals surface area contributed by atoms with Crippen molar-refractivity contribution in [2.75, 3.05) is 12.4 Å². The van der Waals surface area contributed by atoms with Crippen molar-refractivity contribution in [3.05, 3.63) is 71.6 Å². The maximum absolute atomic E-state index is 12.2. The molecule has 0 radical (unpaired) electrons. The molecule has 0 aliphatic carbocycles. The number of anilines is 2. The van der Waals surface area contributed by atoms with Gasteiger partial charge in [-0.25, -0.2) is 4.98 Å². The minimum absolute atomic E-state index is 0.141. The highest BCUT2D eigenvalue weighted by molar-refractivity contribution is 7.22. The van der Waals surface area contributed by atoms with E-state index >= 15 is 0 Å². The van der Waals surface area contributed by atoms with Crippen LogP contribution in [0.1, 0.15) is 19.7 Å². The molecule has 5 aromatic rings. The van der Waals surface area contributed by atoms with Crippen LogP contribution >= 0.6 is 22.9 Å². The third-order valence-corrected chi connectivity index (χ3v) is 7.18. The van der Waals surface area contributed by atoms with Gasteiger partial charge >= 0.3 is 5.97 Å². The molecule has 3 heterocycles. The number of nitrogens with one attached hydrogen (secondary N) is 1. The molecule has 1 atom stereocenters. The summed E-state index contributed by atoms with van der Waals surface area (Å²) in [7, 11) is 1.42. The van der Waals surface area contributed by atoms with Crippen molar-refractivity contribution in [1.29, 1.82) is 0 Å². The number of aromatic nitrogens is 4. The molecule has 9 heteroatoms. The second-order valence-electron chi connectivity index (χ2n) is 8.67. The van der Waals surface area contributed by atoms with Crippen LogP contribution in [0.15, 0.2) is 60.8 Å². The Morgan fingerprint density at radius 3 is 2.63 bits per heavy atom. The summed E-state index contributed by atoms with van der Waals surface area (Å²) in [6, 6.07) is 17.9. The average Bonchev–Trinajstić information content (AvgIpc) is 3.44. The number of benzene rings is 2. The smallest absolute Gasteiger partial charge is 0.309 e. The highest BCUT2D eigenvalue weighted by atomic mass is 35.5. The van der Waals surface area contributed by atoms with Crippen molar-refractivity contribution in [2.45, 2.75) is 20.3 Å². The van der Waals surface area contributed by atoms with Crippen LogP contribution in [-0.2, 0) is 16.0 Å². The number of methoxy groups -OCH3 is 1. The topological polar surface area (TPSA) is 81.4 Å². The van der Waals surface area contributed by atoms with Crippen LogP contribution in [0.3, 0.4) is 0 Å². The van der Waals surface area contributed by atoms with E-state index in [1.54, 1.807) is 11.3 Å². The normalized spacial score (nSPS) is 12.4. The number of fused-ring (bicyclic) bond motifs is 2. The second-order valence-corrected chi connectivity index (χ2v) is 10.1. The third kappa shape index (κ3) is 4.85. The number of hydrogen-bond acceptors (Lipinski definition) is 7. The number of rotatable bonds is 7. The van der Waals surface area contributed by atoms with Gasteiger partial charge in [0.05, 0.1) is 23.2 Å². The molecule has 178 valence electrons. The molecule has 5 rings (SSSR count). The summed E-state index contributed by atoms with van der Waals surface area (Å²) in [6.07, 6.45) is 2.43. The van der Waals surface area contributed by atoms with Crippen LogP contribution in [-0.4, -0.2) is 32.7 Å². The molecule has 0 aliphatic rings. The monoisotopic (exact) mass is 505 g/mol. The average molecular weight is 506 g/mol. The van der Waals surface area contributed by atoms with Gasteiger partial charge in [-0.05, 0) is 59.5 Å². The standard InChI is InChI=1S/C26H24ClN5O2S/c1-15(2)20(25(33)34-3)14-24-31-30-23-12-17(10-11-32(23)24)16-4-7-19(8-5-16)28-26-29-21-9-6-18(27)13-22(21)35-26/h4-13,15,20H,14H2,1-3H3,(H,28,29)/t20-/m0/s1. The molecule has 2 aromatic carbocycles. The molecule has 0 saturated heterocycles. The van der Waals surface area contributed by atoms with Crippen LogP contribution in [0.2, 0.25) is 5.02 Å². The highest BCUT2D eigenvalue weighted by Gasteiger charge is 2.25. The summed E-state index contributed by atoms with van der Waals surface area (Å²) >= 11 is 7.65. The maximum atomic E-state index is 12.2. The van der Waals surface area contributed by atoms with Crippen molar-refractivity contribution in [2.24, 2.45) is 11.8 Å². The lowest BCUT2D eigenvalue weighted by Crippen LogP contribution is -2.24. The summed E-state index contributed by atoms with van der Waals surface area (Å²) in [5.74, 6) is 0.394. The molecule has 0 saturated carbocycles. The maximum Gasteiger partial charge on any atom is 0.309 e. The molecule has 0 amide bonds. The number of pyridine rings is 1. The van der Waals surface area contributed by atoms with Gasteiger partial charge in [0.1, 0.15) is 5.82 Å². The van der Waals surface area contributed by atoms with Gasteiger partial charge in [0, 0.05) is 23.3 Å². The molecular weight excluding hydrogens is 482 g/mol. The molecule has 7 nitrogen and oxygen atoms in total. The summed E-state index contributed by atoms with van der Waals surface area (Å²) in [5, 5.41) is 13.6. The van der Waals surface area contributed by atoms with Gasteiger partial charge in [0.2, 0.25) is 0 Å².